The van der Waals surface area contributed by atoms with Gasteiger partial charge in [0.1, 0.15) is 42.0 Å². The highest BCUT2D eigenvalue weighted by atomic mass is 31.2. The molecule has 0 unspecified atom stereocenters. The summed E-state index contributed by atoms with van der Waals surface area (Å²) >= 11 is 0. The number of phosphoric acid groups is 1. The Morgan fingerprint density at radius 2 is 1.42 bits per heavy atom. The first-order valence-electron chi connectivity index (χ1n) is 19.9. The molecule has 1 fully saturated rings. The number of rotatable bonds is 24. The molecule has 0 saturated carbocycles. The predicted octanol–water partition coefficient (Wildman–Crippen LogP) is -2.91. The van der Waals surface area contributed by atoms with Gasteiger partial charge in [0.25, 0.3) is 0 Å². The number of nitrogens with zero attached hydrogens (tertiary/aromatic N) is 1. The molecule has 1 aliphatic rings. The molecule has 9 amide bonds. The maximum Gasteiger partial charge on any atom is 0.524 e. The van der Waals surface area contributed by atoms with E-state index in [0.717, 1.165) is 0 Å². The van der Waals surface area contributed by atoms with Gasteiger partial charge in [-0.2, -0.15) is 0 Å². The van der Waals surface area contributed by atoms with Gasteiger partial charge >= 0.3 is 7.82 Å². The van der Waals surface area contributed by atoms with Crippen molar-refractivity contribution >= 4 is 61.0 Å². The summed E-state index contributed by atoms with van der Waals surface area (Å²) in [6.07, 6.45) is -1.84. The van der Waals surface area contributed by atoms with E-state index < -0.39 is 116 Å². The zero-order valence-electron chi connectivity index (χ0n) is 35.5. The second-order valence-corrected chi connectivity index (χ2v) is 16.9. The second-order valence-electron chi connectivity index (χ2n) is 15.8. The zero-order valence-corrected chi connectivity index (χ0v) is 36.4. The number of hydrogen-bond donors (Lipinski definition) is 11. The minimum absolute atomic E-state index is 0.0700. The molecule has 1 heterocycles. The van der Waals surface area contributed by atoms with Gasteiger partial charge < -0.3 is 57.9 Å². The lowest BCUT2D eigenvalue weighted by Crippen LogP contribution is -2.61. The average molecular weight is 898 g/mol. The first-order chi connectivity index (χ1) is 28.8. The fourth-order valence-electron chi connectivity index (χ4n) is 6.48. The van der Waals surface area contributed by atoms with Gasteiger partial charge in [0.15, 0.2) is 0 Å². The number of carbonyl (C=O) groups is 9. The van der Waals surface area contributed by atoms with E-state index >= 15 is 0 Å². The highest BCUT2D eigenvalue weighted by molar-refractivity contribution is 7.46. The topological polar surface area (TPSA) is 368 Å². The summed E-state index contributed by atoms with van der Waals surface area (Å²) in [6, 6.07) is -2.72. The molecule has 24 heteroatoms. The molecular weight excluding hydrogens is 837 g/mol. The van der Waals surface area contributed by atoms with Crippen LogP contribution in [0, 0.1) is 11.8 Å². The molecule has 2 rings (SSSR count). The largest absolute Gasteiger partial charge is 0.524 e. The highest BCUT2D eigenvalue weighted by Gasteiger charge is 2.40. The molecule has 0 radical (unpaired) electrons. The summed E-state index contributed by atoms with van der Waals surface area (Å²) < 4.78 is 15.8. The Morgan fingerprint density at radius 3 is 1.94 bits per heavy atom. The van der Waals surface area contributed by atoms with Gasteiger partial charge in [-0.05, 0) is 62.1 Å². The van der Waals surface area contributed by atoms with Crippen molar-refractivity contribution in [2.45, 2.75) is 122 Å². The van der Waals surface area contributed by atoms with E-state index in [-0.39, 0.29) is 50.3 Å². The predicted molar refractivity (Wildman–Crippen MR) is 219 cm³/mol. The molecule has 13 N–H and O–H groups in total. The Labute approximate surface area is 358 Å². The first-order valence-corrected chi connectivity index (χ1v) is 21.5. The minimum Gasteiger partial charge on any atom is -0.404 e. The Balaban J connectivity index is 2.36. The van der Waals surface area contributed by atoms with Crippen LogP contribution in [0.3, 0.4) is 0 Å². The summed E-state index contributed by atoms with van der Waals surface area (Å²) in [5, 5.41) is 25.2. The highest BCUT2D eigenvalue weighted by Crippen LogP contribution is 2.37. The van der Waals surface area contributed by atoms with Gasteiger partial charge in [-0.3, -0.25) is 52.9 Å². The van der Waals surface area contributed by atoms with E-state index in [0.29, 0.717) is 12.0 Å². The van der Waals surface area contributed by atoms with Gasteiger partial charge in [-0.15, -0.1) is 0 Å². The zero-order chi connectivity index (χ0) is 47.1. The van der Waals surface area contributed by atoms with E-state index in [1.165, 1.54) is 43.0 Å². The van der Waals surface area contributed by atoms with Crippen molar-refractivity contribution in [3.8, 4) is 5.75 Å². The van der Waals surface area contributed by atoms with Crippen LogP contribution in [-0.2, 0) is 54.1 Å². The molecule has 0 aliphatic carbocycles. The minimum atomic E-state index is -4.86. The second kappa shape index (κ2) is 24.1. The van der Waals surface area contributed by atoms with Crippen LogP contribution in [0.1, 0.15) is 79.2 Å². The number of aliphatic hydroxyl groups is 1. The molecule has 23 nitrogen and oxygen atoms in total. The van der Waals surface area contributed by atoms with Crippen LogP contribution in [0.4, 0.5) is 0 Å². The van der Waals surface area contributed by atoms with Crippen LogP contribution in [0.5, 0.6) is 5.75 Å². The molecule has 1 aliphatic heterocycles. The molecular formula is C38H60N9O14P. The molecule has 62 heavy (non-hydrogen) atoms. The number of hydrogen-bond acceptors (Lipinski definition) is 12. The van der Waals surface area contributed by atoms with Crippen LogP contribution in [0.15, 0.2) is 24.3 Å². The molecule has 1 saturated heterocycles. The van der Waals surface area contributed by atoms with Crippen molar-refractivity contribution in [2.75, 3.05) is 13.1 Å². The number of benzene rings is 1. The van der Waals surface area contributed by atoms with Crippen molar-refractivity contribution in [2.24, 2.45) is 23.3 Å². The number of phosphoric ester groups is 1. The third-order valence-electron chi connectivity index (χ3n) is 9.54. The number of amides is 9. The summed E-state index contributed by atoms with van der Waals surface area (Å²) in [5.41, 5.74) is 11.1. The molecule has 0 aromatic heterocycles. The van der Waals surface area contributed by atoms with E-state index in [2.05, 4.69) is 36.4 Å². The van der Waals surface area contributed by atoms with Gasteiger partial charge in [0.2, 0.25) is 53.2 Å². The monoisotopic (exact) mass is 897 g/mol. The van der Waals surface area contributed by atoms with E-state index in [9.17, 15) is 52.8 Å². The molecule has 7 atom stereocenters. The summed E-state index contributed by atoms with van der Waals surface area (Å²) in [7, 11) is -4.86. The number of primary amides is 2. The van der Waals surface area contributed by atoms with Crippen LogP contribution in [0.25, 0.3) is 0 Å². The third-order valence-corrected chi connectivity index (χ3v) is 9.99. The standard InChI is InChI=1S/C38H60N9O14P/c1-19(2)16-27(44-35(54)26(42-30(51)18-41-22(6)49)17-23-9-11-24(12-10-23)61-62(58,59)60)38(57)47-15-7-8-28(47)36(55)43-25(13-14-29(39)50)34(53)46-32(21(5)48)37(56)45-31(20(3)4)33(40)52/h9-12,19-21,25-28,31-32,48H,7-8,13-18H2,1-6H3,(H2,39,50)(H2,40,52)(H,41,49)(H,42,51)(H,43,55)(H,44,54)(H,45,56)(H,46,53)(H2,58,59,60)/t21-,25+,26+,27+,28+,31+,32+/m1/s1. The van der Waals surface area contributed by atoms with E-state index in [1.54, 1.807) is 27.7 Å². The Morgan fingerprint density at radius 1 is 0.823 bits per heavy atom. The molecule has 346 valence electrons. The quantitative estimate of drug-likeness (QED) is 0.0464. The van der Waals surface area contributed by atoms with Crippen molar-refractivity contribution < 1.29 is 67.1 Å². The van der Waals surface area contributed by atoms with Gasteiger partial charge in [0.05, 0.1) is 12.6 Å². The fourth-order valence-corrected chi connectivity index (χ4v) is 6.88. The number of likely N-dealkylation sites (tertiary alicyclic amines) is 1. The van der Waals surface area contributed by atoms with E-state index in [4.69, 9.17) is 21.3 Å². The van der Waals surface area contributed by atoms with Crippen LogP contribution < -0.4 is 47.9 Å². The van der Waals surface area contributed by atoms with Crippen LogP contribution in [-0.4, -0.2) is 128 Å². The molecule has 0 spiro atoms. The van der Waals surface area contributed by atoms with Gasteiger partial charge in [-0.25, -0.2) is 4.57 Å². The molecule has 0 bridgehead atoms. The summed E-state index contributed by atoms with van der Waals surface area (Å²) in [4.78, 5) is 136. The lowest BCUT2D eigenvalue weighted by molar-refractivity contribution is -0.143. The normalized spacial score (nSPS) is 16.8. The number of aliphatic hydroxyl groups excluding tert-OH is 1. The van der Waals surface area contributed by atoms with Crippen LogP contribution >= 0.6 is 7.82 Å². The van der Waals surface area contributed by atoms with Crippen molar-refractivity contribution in [1.29, 1.82) is 0 Å². The summed E-state index contributed by atoms with van der Waals surface area (Å²) in [6.45, 7) is 8.79. The first kappa shape index (κ1) is 52.5. The van der Waals surface area contributed by atoms with E-state index in [1.807, 2.05) is 0 Å². The van der Waals surface area contributed by atoms with Crippen molar-refractivity contribution in [3.63, 3.8) is 0 Å². The maximum atomic E-state index is 14.3. The fraction of sp³-hybridized carbons (Fsp3) is 0.605. The van der Waals surface area contributed by atoms with Gasteiger partial charge in [0, 0.05) is 26.3 Å². The smallest absolute Gasteiger partial charge is 0.404 e. The summed E-state index contributed by atoms with van der Waals surface area (Å²) in [5.74, 6) is -7.94. The van der Waals surface area contributed by atoms with Crippen LogP contribution in [0.2, 0.25) is 0 Å². The number of nitrogens with one attached hydrogen (secondary N) is 6. The lowest BCUT2D eigenvalue weighted by atomic mass is 10.00. The van der Waals surface area contributed by atoms with Gasteiger partial charge in [-0.1, -0.05) is 39.8 Å². The maximum absolute atomic E-state index is 14.3. The molecule has 1 aromatic carbocycles. The molecule has 1 aromatic rings. The Hall–Kier alpha value is -5.64. The lowest BCUT2D eigenvalue weighted by Gasteiger charge is -2.31. The Kier molecular flexibility index (Phi) is 20.4. The average Bonchev–Trinajstić information content (AvgIpc) is 3.65. The number of nitrogens with two attached hydrogens (primary N) is 2. The number of carbonyl (C=O) groups excluding carboxylic acids is 9. The Bertz CT molecular complexity index is 1840. The van der Waals surface area contributed by atoms with Crippen molar-refractivity contribution in [3.05, 3.63) is 29.8 Å². The SMILES string of the molecule is CC(=O)NCC(=O)N[C@@H](Cc1ccc(OP(=O)(O)O)cc1)C(=O)N[C@@H](CC(C)C)C(=O)N1CCC[C@H]1C(=O)N[C@@H](CCC(N)=O)C(=O)N[C@H](C(=O)N[C@H](C(N)=O)C(C)C)[C@@H](C)O. The third kappa shape index (κ3) is 17.8. The van der Waals surface area contributed by atoms with Crippen molar-refractivity contribution in [1.82, 2.24) is 36.8 Å².